The molecule has 0 aromatic heterocycles. The number of alkyl halides is 3. The van der Waals surface area contributed by atoms with Crippen LogP contribution in [0.4, 0.5) is 23.7 Å². The molecule has 7 nitrogen and oxygen atoms in total. The van der Waals surface area contributed by atoms with Gasteiger partial charge in [0, 0.05) is 52.5 Å². The zero-order chi connectivity index (χ0) is 23.5. The number of halogens is 3. The first-order valence-electron chi connectivity index (χ1n) is 9.95. The van der Waals surface area contributed by atoms with Crippen molar-refractivity contribution in [3.8, 4) is 0 Å². The first kappa shape index (κ1) is 23.9. The number of carbonyl (C=O) groups excluding carboxylic acids is 1. The summed E-state index contributed by atoms with van der Waals surface area (Å²) in [4.78, 5) is 16.1. The fourth-order valence-corrected chi connectivity index (χ4v) is 4.54. The van der Waals surface area contributed by atoms with Crippen molar-refractivity contribution in [3.63, 3.8) is 0 Å². The van der Waals surface area contributed by atoms with E-state index in [1.54, 1.807) is 34.1 Å². The molecular formula is C21H25F3N4O3S. The molecule has 0 saturated carbocycles. The SMILES string of the molecule is CN(C)S(=O)(=O)c1ccccc1CNC(=O)N1CCN(c2cccc(C(F)(F)F)c2)CC1. The normalized spacial score (nSPS) is 15.2. The van der Waals surface area contributed by atoms with Crippen LogP contribution in [-0.2, 0) is 22.7 Å². The molecule has 1 heterocycles. The number of sulfonamides is 1. The van der Waals surface area contributed by atoms with Gasteiger partial charge < -0.3 is 15.1 Å². The largest absolute Gasteiger partial charge is 0.416 e. The molecule has 3 rings (SSSR count). The molecule has 2 aromatic rings. The number of carbonyl (C=O) groups is 1. The molecular weight excluding hydrogens is 445 g/mol. The van der Waals surface area contributed by atoms with Gasteiger partial charge in [-0.1, -0.05) is 24.3 Å². The van der Waals surface area contributed by atoms with Gasteiger partial charge >= 0.3 is 12.2 Å². The summed E-state index contributed by atoms with van der Waals surface area (Å²) in [6.45, 7) is 1.48. The molecule has 1 aliphatic rings. The summed E-state index contributed by atoms with van der Waals surface area (Å²) >= 11 is 0. The van der Waals surface area contributed by atoms with Crippen molar-refractivity contribution >= 4 is 21.7 Å². The minimum atomic E-state index is -4.41. The highest BCUT2D eigenvalue weighted by Gasteiger charge is 2.31. The predicted molar refractivity (Wildman–Crippen MR) is 115 cm³/mol. The average Bonchev–Trinajstić information content (AvgIpc) is 2.77. The van der Waals surface area contributed by atoms with Crippen molar-refractivity contribution in [3.05, 3.63) is 59.7 Å². The van der Waals surface area contributed by atoms with Crippen LogP contribution in [0.5, 0.6) is 0 Å². The summed E-state index contributed by atoms with van der Waals surface area (Å²) < 4.78 is 64.9. The Morgan fingerprint density at radius 1 is 1.03 bits per heavy atom. The van der Waals surface area contributed by atoms with Gasteiger partial charge in [0.25, 0.3) is 0 Å². The van der Waals surface area contributed by atoms with Crippen LogP contribution in [0, 0.1) is 0 Å². The molecule has 1 saturated heterocycles. The van der Waals surface area contributed by atoms with Gasteiger partial charge in [-0.25, -0.2) is 17.5 Å². The van der Waals surface area contributed by atoms with E-state index in [1.165, 1.54) is 26.2 Å². The van der Waals surface area contributed by atoms with Crippen LogP contribution in [0.1, 0.15) is 11.1 Å². The maximum Gasteiger partial charge on any atom is 0.416 e. The third-order valence-corrected chi connectivity index (χ3v) is 7.18. The van der Waals surface area contributed by atoms with Crippen LogP contribution >= 0.6 is 0 Å². The Balaban J connectivity index is 1.60. The average molecular weight is 471 g/mol. The van der Waals surface area contributed by atoms with Gasteiger partial charge in [-0.2, -0.15) is 13.2 Å². The number of hydrogen-bond donors (Lipinski definition) is 1. The zero-order valence-corrected chi connectivity index (χ0v) is 18.6. The second kappa shape index (κ2) is 9.37. The molecule has 0 radical (unpaired) electrons. The maximum atomic E-state index is 13.0. The van der Waals surface area contributed by atoms with E-state index in [0.717, 1.165) is 16.4 Å². The number of nitrogens with zero attached hydrogens (tertiary/aromatic N) is 3. The van der Waals surface area contributed by atoms with Gasteiger partial charge in [0.1, 0.15) is 0 Å². The summed E-state index contributed by atoms with van der Waals surface area (Å²) in [5.74, 6) is 0. The third-order valence-electron chi connectivity index (χ3n) is 5.27. The van der Waals surface area contributed by atoms with E-state index in [0.29, 0.717) is 37.4 Å². The number of anilines is 1. The first-order valence-corrected chi connectivity index (χ1v) is 11.4. The van der Waals surface area contributed by atoms with Crippen LogP contribution in [0.2, 0.25) is 0 Å². The predicted octanol–water partition coefficient (Wildman–Crippen LogP) is 2.99. The van der Waals surface area contributed by atoms with Crippen molar-refractivity contribution in [2.24, 2.45) is 0 Å². The lowest BCUT2D eigenvalue weighted by molar-refractivity contribution is -0.137. The Morgan fingerprint density at radius 3 is 2.31 bits per heavy atom. The van der Waals surface area contributed by atoms with E-state index in [9.17, 15) is 26.4 Å². The Hall–Kier alpha value is -2.79. The highest BCUT2D eigenvalue weighted by Crippen LogP contribution is 2.31. The van der Waals surface area contributed by atoms with Crippen molar-refractivity contribution in [2.75, 3.05) is 45.2 Å². The molecule has 0 atom stereocenters. The zero-order valence-electron chi connectivity index (χ0n) is 17.8. The number of amides is 2. The molecule has 0 aliphatic carbocycles. The Kier molecular flexibility index (Phi) is 6.99. The molecule has 2 amide bonds. The van der Waals surface area contributed by atoms with Crippen LogP contribution in [0.25, 0.3) is 0 Å². The van der Waals surface area contributed by atoms with Gasteiger partial charge in [-0.05, 0) is 29.8 Å². The minimum Gasteiger partial charge on any atom is -0.368 e. The van der Waals surface area contributed by atoms with Gasteiger partial charge in [-0.3, -0.25) is 0 Å². The smallest absolute Gasteiger partial charge is 0.368 e. The van der Waals surface area contributed by atoms with E-state index in [4.69, 9.17) is 0 Å². The molecule has 11 heteroatoms. The number of urea groups is 1. The van der Waals surface area contributed by atoms with E-state index in [-0.39, 0.29) is 17.5 Å². The number of piperazine rings is 1. The Morgan fingerprint density at radius 2 is 1.69 bits per heavy atom. The standard InChI is InChI=1S/C21H25F3N4O3S/c1-26(2)32(30,31)19-9-4-3-6-16(19)15-25-20(29)28-12-10-27(11-13-28)18-8-5-7-17(14-18)21(22,23)24/h3-9,14H,10-13,15H2,1-2H3,(H,25,29). The summed E-state index contributed by atoms with van der Waals surface area (Å²) in [5.41, 5.74) is 0.223. The summed E-state index contributed by atoms with van der Waals surface area (Å²) in [6.07, 6.45) is -4.41. The van der Waals surface area contributed by atoms with Crippen LogP contribution in [0.3, 0.4) is 0 Å². The molecule has 0 spiro atoms. The van der Waals surface area contributed by atoms with E-state index >= 15 is 0 Å². The summed E-state index contributed by atoms with van der Waals surface area (Å²) in [6, 6.07) is 11.2. The van der Waals surface area contributed by atoms with Gasteiger partial charge in [0.15, 0.2) is 0 Å². The van der Waals surface area contributed by atoms with Crippen LogP contribution in [0.15, 0.2) is 53.4 Å². The van der Waals surface area contributed by atoms with Crippen LogP contribution in [-0.4, -0.2) is 63.9 Å². The van der Waals surface area contributed by atoms with Gasteiger partial charge in [-0.15, -0.1) is 0 Å². The van der Waals surface area contributed by atoms with Crippen molar-refractivity contribution in [1.29, 1.82) is 0 Å². The Bertz CT molecular complexity index is 1070. The summed E-state index contributed by atoms with van der Waals surface area (Å²) in [7, 11) is -0.773. The van der Waals surface area contributed by atoms with Crippen molar-refractivity contribution in [1.82, 2.24) is 14.5 Å². The second-order valence-electron chi connectivity index (χ2n) is 7.58. The quantitative estimate of drug-likeness (QED) is 0.729. The van der Waals surface area contributed by atoms with E-state index in [1.807, 2.05) is 0 Å². The monoisotopic (exact) mass is 470 g/mol. The molecule has 1 aliphatic heterocycles. The lowest BCUT2D eigenvalue weighted by Gasteiger charge is -2.36. The fourth-order valence-electron chi connectivity index (χ4n) is 3.43. The molecule has 0 bridgehead atoms. The highest BCUT2D eigenvalue weighted by atomic mass is 32.2. The van der Waals surface area contributed by atoms with Crippen molar-refractivity contribution in [2.45, 2.75) is 17.6 Å². The summed E-state index contributed by atoms with van der Waals surface area (Å²) in [5, 5.41) is 2.74. The number of benzene rings is 2. The van der Waals surface area contributed by atoms with Crippen molar-refractivity contribution < 1.29 is 26.4 Å². The topological polar surface area (TPSA) is 73.0 Å². The lowest BCUT2D eigenvalue weighted by Crippen LogP contribution is -2.51. The molecule has 1 fully saturated rings. The minimum absolute atomic E-state index is 0.0376. The lowest BCUT2D eigenvalue weighted by atomic mass is 10.1. The highest BCUT2D eigenvalue weighted by molar-refractivity contribution is 7.89. The fraction of sp³-hybridized carbons (Fsp3) is 0.381. The maximum absolute atomic E-state index is 13.0. The third kappa shape index (κ3) is 5.33. The molecule has 0 unspecified atom stereocenters. The van der Waals surface area contributed by atoms with Gasteiger partial charge in [0.05, 0.1) is 10.5 Å². The molecule has 1 N–H and O–H groups in total. The number of rotatable bonds is 5. The van der Waals surface area contributed by atoms with Gasteiger partial charge in [0.2, 0.25) is 10.0 Å². The number of hydrogen-bond acceptors (Lipinski definition) is 4. The van der Waals surface area contributed by atoms with Crippen LogP contribution < -0.4 is 10.2 Å². The molecule has 2 aromatic carbocycles. The second-order valence-corrected chi connectivity index (χ2v) is 9.70. The van der Waals surface area contributed by atoms with E-state index in [2.05, 4.69) is 5.32 Å². The van der Waals surface area contributed by atoms with E-state index < -0.39 is 21.8 Å². The molecule has 174 valence electrons. The first-order chi connectivity index (χ1) is 15.0. The number of nitrogens with one attached hydrogen (secondary N) is 1. The molecule has 32 heavy (non-hydrogen) atoms. The Labute approximate surface area is 185 Å².